The maximum Gasteiger partial charge on any atom is 0.244 e. The molecular formula is C28H41N3O4S. The number of sulfonamides is 1. The van der Waals surface area contributed by atoms with Crippen LogP contribution in [0, 0.1) is 6.92 Å². The fraction of sp³-hybridized carbons (Fsp3) is 0.500. The zero-order valence-electron chi connectivity index (χ0n) is 22.7. The molecule has 0 bridgehead atoms. The second-order valence-electron chi connectivity index (χ2n) is 10.3. The van der Waals surface area contributed by atoms with Crippen LogP contribution in [0.25, 0.3) is 0 Å². The van der Waals surface area contributed by atoms with E-state index < -0.39 is 28.5 Å². The Balaban J connectivity index is 2.43. The molecule has 0 saturated heterocycles. The lowest BCUT2D eigenvalue weighted by Gasteiger charge is -2.33. The van der Waals surface area contributed by atoms with E-state index in [-0.39, 0.29) is 17.9 Å². The average molecular weight is 516 g/mol. The van der Waals surface area contributed by atoms with Gasteiger partial charge < -0.3 is 10.2 Å². The summed E-state index contributed by atoms with van der Waals surface area (Å²) in [6, 6.07) is 14.3. The van der Waals surface area contributed by atoms with Crippen LogP contribution in [0.1, 0.15) is 64.2 Å². The van der Waals surface area contributed by atoms with Crippen LogP contribution in [0.3, 0.4) is 0 Å². The molecule has 0 spiro atoms. The van der Waals surface area contributed by atoms with Gasteiger partial charge in [-0.3, -0.25) is 13.9 Å². The minimum atomic E-state index is -3.76. The molecule has 2 amide bonds. The molecule has 0 unspecified atom stereocenters. The minimum absolute atomic E-state index is 0.0882. The summed E-state index contributed by atoms with van der Waals surface area (Å²) in [5.74, 6) is -0.666. The number of aryl methyl sites for hydroxylation is 1. The van der Waals surface area contributed by atoms with E-state index in [1.165, 1.54) is 4.90 Å². The van der Waals surface area contributed by atoms with E-state index in [4.69, 9.17) is 0 Å². The summed E-state index contributed by atoms with van der Waals surface area (Å²) in [4.78, 5) is 28.2. The average Bonchev–Trinajstić information content (AvgIpc) is 2.79. The summed E-state index contributed by atoms with van der Waals surface area (Å²) in [6.07, 6.45) is 2.28. The first-order valence-electron chi connectivity index (χ1n) is 12.5. The van der Waals surface area contributed by atoms with Gasteiger partial charge in [0.25, 0.3) is 0 Å². The van der Waals surface area contributed by atoms with E-state index in [1.54, 1.807) is 12.1 Å². The number of carbonyl (C=O) groups is 2. The molecule has 198 valence electrons. The molecule has 7 nitrogen and oxygen atoms in total. The standard InChI is InChI=1S/C28H41N3O4S/c1-8-17-29-27(33)25(9-2)30(19-22-12-10-11-21(3)18-22)26(32)20-31(36(7,34)35)24-15-13-23(14-16-24)28(4,5)6/h10-16,18,25H,8-9,17,19-20H2,1-7H3,(H,29,33)/t25-/m1/s1. The van der Waals surface area contributed by atoms with Crippen LogP contribution >= 0.6 is 0 Å². The van der Waals surface area contributed by atoms with Gasteiger partial charge in [0, 0.05) is 13.1 Å². The van der Waals surface area contributed by atoms with Gasteiger partial charge in [-0.2, -0.15) is 0 Å². The normalized spacial score (nSPS) is 12.6. The molecule has 2 rings (SSSR count). The van der Waals surface area contributed by atoms with Crippen molar-refractivity contribution in [1.82, 2.24) is 10.2 Å². The molecule has 1 atom stereocenters. The first kappa shape index (κ1) is 29.4. The largest absolute Gasteiger partial charge is 0.354 e. The summed E-state index contributed by atoms with van der Waals surface area (Å²) >= 11 is 0. The summed E-state index contributed by atoms with van der Waals surface area (Å²) in [7, 11) is -3.76. The lowest BCUT2D eigenvalue weighted by Crippen LogP contribution is -2.52. The lowest BCUT2D eigenvalue weighted by atomic mass is 9.87. The summed E-state index contributed by atoms with van der Waals surface area (Å²) < 4.78 is 26.6. The number of benzene rings is 2. The molecule has 2 aromatic rings. The molecule has 0 fully saturated rings. The van der Waals surface area contributed by atoms with Crippen LogP contribution in [0.15, 0.2) is 48.5 Å². The number of carbonyl (C=O) groups excluding carboxylic acids is 2. The molecule has 0 radical (unpaired) electrons. The van der Waals surface area contributed by atoms with E-state index in [2.05, 4.69) is 26.1 Å². The van der Waals surface area contributed by atoms with Crippen molar-refractivity contribution < 1.29 is 18.0 Å². The smallest absolute Gasteiger partial charge is 0.244 e. The van der Waals surface area contributed by atoms with Gasteiger partial charge in [-0.1, -0.05) is 76.6 Å². The Morgan fingerprint density at radius 2 is 1.67 bits per heavy atom. The Labute approximate surface area is 216 Å². The number of hydrogen-bond acceptors (Lipinski definition) is 4. The predicted molar refractivity (Wildman–Crippen MR) is 146 cm³/mol. The number of amides is 2. The zero-order chi connectivity index (χ0) is 27.1. The molecule has 8 heteroatoms. The van der Waals surface area contributed by atoms with Gasteiger partial charge in [-0.05, 0) is 48.4 Å². The highest BCUT2D eigenvalue weighted by Crippen LogP contribution is 2.26. The topological polar surface area (TPSA) is 86.8 Å². The van der Waals surface area contributed by atoms with Crippen molar-refractivity contribution in [2.45, 2.75) is 72.4 Å². The maximum absolute atomic E-state index is 13.7. The summed E-state index contributed by atoms with van der Waals surface area (Å²) in [6.45, 7) is 12.4. The van der Waals surface area contributed by atoms with E-state index in [9.17, 15) is 18.0 Å². The van der Waals surface area contributed by atoms with Gasteiger partial charge in [0.1, 0.15) is 12.6 Å². The van der Waals surface area contributed by atoms with Crippen LogP contribution in [0.4, 0.5) is 5.69 Å². The highest BCUT2D eigenvalue weighted by Gasteiger charge is 2.31. The molecule has 0 aliphatic carbocycles. The SMILES string of the molecule is CCCNC(=O)[C@@H](CC)N(Cc1cccc(C)c1)C(=O)CN(c1ccc(C(C)(C)C)cc1)S(C)(=O)=O. The lowest BCUT2D eigenvalue weighted by molar-refractivity contribution is -0.140. The van der Waals surface area contributed by atoms with Crippen molar-refractivity contribution in [2.24, 2.45) is 0 Å². The minimum Gasteiger partial charge on any atom is -0.354 e. The molecule has 2 aromatic carbocycles. The molecule has 0 aromatic heterocycles. The van der Waals surface area contributed by atoms with Crippen LogP contribution in [-0.2, 0) is 31.6 Å². The maximum atomic E-state index is 13.7. The Hall–Kier alpha value is -2.87. The third-order valence-electron chi connectivity index (χ3n) is 6.07. The fourth-order valence-corrected chi connectivity index (χ4v) is 4.88. The monoisotopic (exact) mass is 515 g/mol. The van der Waals surface area contributed by atoms with Crippen molar-refractivity contribution in [3.05, 3.63) is 65.2 Å². The summed E-state index contributed by atoms with van der Waals surface area (Å²) in [5.41, 5.74) is 3.31. The van der Waals surface area contributed by atoms with Crippen LogP contribution in [0.5, 0.6) is 0 Å². The van der Waals surface area contributed by atoms with E-state index >= 15 is 0 Å². The number of nitrogens with zero attached hydrogens (tertiary/aromatic N) is 2. The molecule has 0 aliphatic rings. The molecular weight excluding hydrogens is 474 g/mol. The number of nitrogens with one attached hydrogen (secondary N) is 1. The van der Waals surface area contributed by atoms with Crippen molar-refractivity contribution in [3.8, 4) is 0 Å². The second-order valence-corrected chi connectivity index (χ2v) is 12.2. The highest BCUT2D eigenvalue weighted by atomic mass is 32.2. The highest BCUT2D eigenvalue weighted by molar-refractivity contribution is 7.92. The Morgan fingerprint density at radius 1 is 1.03 bits per heavy atom. The second kappa shape index (κ2) is 12.4. The van der Waals surface area contributed by atoms with Gasteiger partial charge in [0.2, 0.25) is 21.8 Å². The first-order chi connectivity index (χ1) is 16.8. The Kier molecular flexibility index (Phi) is 10.1. The number of anilines is 1. The molecule has 0 saturated carbocycles. The van der Waals surface area contributed by atoms with Crippen LogP contribution in [-0.4, -0.2) is 50.5 Å². The van der Waals surface area contributed by atoms with E-state index in [0.29, 0.717) is 18.7 Å². The third-order valence-corrected chi connectivity index (χ3v) is 7.21. The summed E-state index contributed by atoms with van der Waals surface area (Å²) in [5, 5.41) is 2.89. The molecule has 1 N–H and O–H groups in total. The van der Waals surface area contributed by atoms with Crippen molar-refractivity contribution in [2.75, 3.05) is 23.7 Å². The molecule has 0 heterocycles. The number of hydrogen-bond donors (Lipinski definition) is 1. The quantitative estimate of drug-likeness (QED) is 0.481. The van der Waals surface area contributed by atoms with Crippen LogP contribution < -0.4 is 9.62 Å². The van der Waals surface area contributed by atoms with Crippen molar-refractivity contribution in [3.63, 3.8) is 0 Å². The Bertz CT molecular complexity index is 1140. The van der Waals surface area contributed by atoms with Gasteiger partial charge in [-0.25, -0.2) is 8.42 Å². The van der Waals surface area contributed by atoms with Gasteiger partial charge in [0.05, 0.1) is 11.9 Å². The molecule has 0 aliphatic heterocycles. The van der Waals surface area contributed by atoms with E-state index in [0.717, 1.165) is 33.7 Å². The Morgan fingerprint density at radius 3 is 2.17 bits per heavy atom. The van der Waals surface area contributed by atoms with Crippen molar-refractivity contribution in [1.29, 1.82) is 0 Å². The fourth-order valence-electron chi connectivity index (χ4n) is 4.03. The predicted octanol–water partition coefficient (Wildman–Crippen LogP) is 4.39. The van der Waals surface area contributed by atoms with Gasteiger partial charge >= 0.3 is 0 Å². The van der Waals surface area contributed by atoms with Crippen molar-refractivity contribution >= 4 is 27.5 Å². The zero-order valence-corrected chi connectivity index (χ0v) is 23.5. The first-order valence-corrected chi connectivity index (χ1v) is 14.3. The van der Waals surface area contributed by atoms with Gasteiger partial charge in [0.15, 0.2) is 0 Å². The molecule has 36 heavy (non-hydrogen) atoms. The van der Waals surface area contributed by atoms with Crippen LogP contribution in [0.2, 0.25) is 0 Å². The van der Waals surface area contributed by atoms with Gasteiger partial charge in [-0.15, -0.1) is 0 Å². The number of rotatable bonds is 11. The third kappa shape index (κ3) is 8.08. The van der Waals surface area contributed by atoms with E-state index in [1.807, 2.05) is 57.2 Å².